The Morgan fingerprint density at radius 1 is 1.09 bits per heavy atom. The van der Waals surface area contributed by atoms with Gasteiger partial charge in [-0.2, -0.15) is 5.10 Å². The summed E-state index contributed by atoms with van der Waals surface area (Å²) in [6.45, 7) is 10.8. The SMILES string of the molecule is Cc1ccc(-n2c(S[C@@H](C)C(=O)Nc3ccnn3C(C)C)nnc2N2CCOCC2)cc1. The highest BCUT2D eigenvalue weighted by Gasteiger charge is 2.25. The van der Waals surface area contributed by atoms with Gasteiger partial charge >= 0.3 is 0 Å². The van der Waals surface area contributed by atoms with Gasteiger partial charge in [0.25, 0.3) is 0 Å². The molecule has 4 rings (SSSR count). The van der Waals surface area contributed by atoms with Gasteiger partial charge in [-0.1, -0.05) is 29.5 Å². The number of ether oxygens (including phenoxy) is 1. The summed E-state index contributed by atoms with van der Waals surface area (Å²) < 4.78 is 9.31. The van der Waals surface area contributed by atoms with Gasteiger partial charge in [0.1, 0.15) is 5.82 Å². The molecule has 170 valence electrons. The van der Waals surface area contributed by atoms with Crippen LogP contribution in [-0.4, -0.2) is 62.0 Å². The molecule has 0 spiro atoms. The fraction of sp³-hybridized carbons (Fsp3) is 0.455. The quantitative estimate of drug-likeness (QED) is 0.547. The van der Waals surface area contributed by atoms with Crippen LogP contribution in [0.3, 0.4) is 0 Å². The summed E-state index contributed by atoms with van der Waals surface area (Å²) >= 11 is 1.39. The lowest BCUT2D eigenvalue weighted by Gasteiger charge is -2.28. The maximum Gasteiger partial charge on any atom is 0.238 e. The van der Waals surface area contributed by atoms with Crippen molar-refractivity contribution >= 4 is 29.4 Å². The number of nitrogens with zero attached hydrogens (tertiary/aromatic N) is 6. The minimum absolute atomic E-state index is 0.108. The maximum absolute atomic E-state index is 12.9. The molecule has 9 nitrogen and oxygen atoms in total. The van der Waals surface area contributed by atoms with Gasteiger partial charge in [-0.05, 0) is 39.8 Å². The topological polar surface area (TPSA) is 90.1 Å². The van der Waals surface area contributed by atoms with Crippen molar-refractivity contribution in [3.8, 4) is 5.69 Å². The van der Waals surface area contributed by atoms with E-state index >= 15 is 0 Å². The molecule has 10 heteroatoms. The van der Waals surface area contributed by atoms with E-state index in [9.17, 15) is 4.79 Å². The number of rotatable bonds is 7. The van der Waals surface area contributed by atoms with Crippen LogP contribution in [0.5, 0.6) is 0 Å². The summed E-state index contributed by atoms with van der Waals surface area (Å²) in [4.78, 5) is 15.1. The number of thioether (sulfide) groups is 1. The molecule has 3 aromatic rings. The maximum atomic E-state index is 12.9. The molecule has 0 saturated carbocycles. The third-order valence-corrected chi connectivity index (χ3v) is 6.31. The molecule has 1 aliphatic heterocycles. The average molecular weight is 456 g/mol. The second-order valence-corrected chi connectivity index (χ2v) is 9.37. The first-order valence-electron chi connectivity index (χ1n) is 10.8. The zero-order valence-electron chi connectivity index (χ0n) is 18.9. The van der Waals surface area contributed by atoms with Crippen molar-refractivity contribution < 1.29 is 9.53 Å². The van der Waals surface area contributed by atoms with Crippen molar-refractivity contribution in [3.05, 3.63) is 42.1 Å². The predicted molar refractivity (Wildman–Crippen MR) is 126 cm³/mol. The third kappa shape index (κ3) is 4.81. The minimum Gasteiger partial charge on any atom is -0.378 e. The number of hydrogen-bond acceptors (Lipinski definition) is 7. The number of nitrogens with one attached hydrogen (secondary N) is 1. The molecule has 3 heterocycles. The van der Waals surface area contributed by atoms with E-state index in [4.69, 9.17) is 4.74 Å². The zero-order chi connectivity index (χ0) is 22.7. The molecule has 1 saturated heterocycles. The van der Waals surface area contributed by atoms with Gasteiger partial charge in [0, 0.05) is 25.2 Å². The Labute approximate surface area is 192 Å². The van der Waals surface area contributed by atoms with Crippen LogP contribution in [0.2, 0.25) is 0 Å². The van der Waals surface area contributed by atoms with Crippen molar-refractivity contribution in [2.75, 3.05) is 36.5 Å². The Morgan fingerprint density at radius 3 is 2.50 bits per heavy atom. The van der Waals surface area contributed by atoms with Gasteiger partial charge in [0.15, 0.2) is 5.16 Å². The Bertz CT molecular complexity index is 1050. The standard InChI is InChI=1S/C22H29N7O2S/c1-15(2)29-19(9-10-23-29)24-20(30)17(4)32-22-26-25-21(27-11-13-31-14-12-27)28(22)18-7-5-16(3)6-8-18/h5-10,15,17H,11-14H2,1-4H3,(H,24,30)/t17-/m0/s1. The van der Waals surface area contributed by atoms with Crippen LogP contribution < -0.4 is 10.2 Å². The number of amides is 1. The number of aromatic nitrogens is 5. The van der Waals surface area contributed by atoms with Crippen LogP contribution in [0.25, 0.3) is 5.69 Å². The summed E-state index contributed by atoms with van der Waals surface area (Å²) in [7, 11) is 0. The largest absolute Gasteiger partial charge is 0.378 e. The van der Waals surface area contributed by atoms with Crippen LogP contribution in [0, 0.1) is 6.92 Å². The molecule has 0 radical (unpaired) electrons. The Hall–Kier alpha value is -2.85. The number of carbonyl (C=O) groups is 1. The van der Waals surface area contributed by atoms with Gasteiger partial charge in [-0.3, -0.25) is 9.36 Å². The van der Waals surface area contributed by atoms with E-state index in [-0.39, 0.29) is 17.2 Å². The molecule has 1 atom stereocenters. The van der Waals surface area contributed by atoms with Crippen LogP contribution in [0.4, 0.5) is 11.8 Å². The van der Waals surface area contributed by atoms with Gasteiger partial charge in [-0.15, -0.1) is 10.2 Å². The van der Waals surface area contributed by atoms with Crippen molar-refractivity contribution in [1.82, 2.24) is 24.5 Å². The van der Waals surface area contributed by atoms with E-state index < -0.39 is 0 Å². The normalized spacial score (nSPS) is 15.2. The van der Waals surface area contributed by atoms with E-state index in [0.29, 0.717) is 24.2 Å². The molecule has 1 aromatic carbocycles. The third-order valence-electron chi connectivity index (χ3n) is 5.26. The van der Waals surface area contributed by atoms with E-state index in [1.807, 2.05) is 25.3 Å². The first-order valence-corrected chi connectivity index (χ1v) is 11.7. The van der Waals surface area contributed by atoms with Crippen molar-refractivity contribution in [1.29, 1.82) is 0 Å². The van der Waals surface area contributed by atoms with E-state index in [1.54, 1.807) is 16.9 Å². The van der Waals surface area contributed by atoms with Gasteiger partial charge in [0.2, 0.25) is 11.9 Å². The van der Waals surface area contributed by atoms with E-state index in [2.05, 4.69) is 56.7 Å². The van der Waals surface area contributed by atoms with Crippen LogP contribution in [0.1, 0.15) is 32.4 Å². The molecule has 1 fully saturated rings. The molecule has 0 unspecified atom stereocenters. The molecular weight excluding hydrogens is 426 g/mol. The molecular formula is C22H29N7O2S. The summed E-state index contributed by atoms with van der Waals surface area (Å²) in [5.74, 6) is 1.35. The summed E-state index contributed by atoms with van der Waals surface area (Å²) in [5.41, 5.74) is 2.15. The number of aryl methyl sites for hydroxylation is 1. The second kappa shape index (κ2) is 9.74. The second-order valence-electron chi connectivity index (χ2n) is 8.06. The molecule has 1 aliphatic rings. The first-order chi connectivity index (χ1) is 15.4. The predicted octanol–water partition coefficient (Wildman–Crippen LogP) is 3.31. The highest BCUT2D eigenvalue weighted by molar-refractivity contribution is 8.00. The number of anilines is 2. The number of morpholine rings is 1. The molecule has 1 N–H and O–H groups in total. The average Bonchev–Trinajstić information content (AvgIpc) is 3.42. The fourth-order valence-corrected chi connectivity index (χ4v) is 4.35. The summed E-state index contributed by atoms with van der Waals surface area (Å²) in [6.07, 6.45) is 1.69. The van der Waals surface area contributed by atoms with Gasteiger partial charge in [0.05, 0.1) is 30.3 Å². The Morgan fingerprint density at radius 2 is 1.81 bits per heavy atom. The van der Waals surface area contributed by atoms with Crippen molar-refractivity contribution in [2.45, 2.75) is 44.1 Å². The smallest absolute Gasteiger partial charge is 0.238 e. The fourth-order valence-electron chi connectivity index (χ4n) is 3.49. The molecule has 32 heavy (non-hydrogen) atoms. The first kappa shape index (κ1) is 22.3. The highest BCUT2D eigenvalue weighted by Crippen LogP contribution is 2.30. The summed E-state index contributed by atoms with van der Waals surface area (Å²) in [5, 5.41) is 16.5. The highest BCUT2D eigenvalue weighted by atomic mass is 32.2. The minimum atomic E-state index is -0.378. The molecule has 0 aliphatic carbocycles. The zero-order valence-corrected chi connectivity index (χ0v) is 19.7. The lowest BCUT2D eigenvalue weighted by Crippen LogP contribution is -2.38. The van der Waals surface area contributed by atoms with Crippen LogP contribution >= 0.6 is 11.8 Å². The van der Waals surface area contributed by atoms with Crippen molar-refractivity contribution in [2.24, 2.45) is 0 Å². The van der Waals surface area contributed by atoms with E-state index in [1.165, 1.54) is 17.3 Å². The number of benzene rings is 1. The molecule has 1 amide bonds. The van der Waals surface area contributed by atoms with Crippen LogP contribution in [-0.2, 0) is 9.53 Å². The van der Waals surface area contributed by atoms with Gasteiger partial charge in [-0.25, -0.2) is 4.68 Å². The van der Waals surface area contributed by atoms with Gasteiger partial charge < -0.3 is 15.0 Å². The number of carbonyl (C=O) groups excluding carboxylic acids is 1. The van der Waals surface area contributed by atoms with Crippen LogP contribution in [0.15, 0.2) is 41.7 Å². The van der Waals surface area contributed by atoms with E-state index in [0.717, 1.165) is 24.7 Å². The lowest BCUT2D eigenvalue weighted by molar-refractivity contribution is -0.115. The molecule has 2 aromatic heterocycles. The number of hydrogen-bond donors (Lipinski definition) is 1. The lowest BCUT2D eigenvalue weighted by atomic mass is 10.2. The Kier molecular flexibility index (Phi) is 6.80. The molecule has 0 bridgehead atoms. The van der Waals surface area contributed by atoms with Crippen molar-refractivity contribution in [3.63, 3.8) is 0 Å². The monoisotopic (exact) mass is 455 g/mol. The Balaban J connectivity index is 1.58. The summed E-state index contributed by atoms with van der Waals surface area (Å²) in [6, 6.07) is 10.2.